The summed E-state index contributed by atoms with van der Waals surface area (Å²) in [5.41, 5.74) is 11.2. The maximum absolute atomic E-state index is 13.4. The number of anilines is 2. The summed E-state index contributed by atoms with van der Waals surface area (Å²) in [6.45, 7) is 8.03. The van der Waals surface area contributed by atoms with Crippen LogP contribution >= 0.6 is 0 Å². The van der Waals surface area contributed by atoms with Gasteiger partial charge in [-0.1, -0.05) is 55.7 Å². The Bertz CT molecular complexity index is 1470. The van der Waals surface area contributed by atoms with Gasteiger partial charge in [0.05, 0.1) is 6.04 Å². The number of benzene rings is 1. The number of aromatic nitrogens is 3. The number of aryl methyl sites for hydroxylation is 2. The van der Waals surface area contributed by atoms with Gasteiger partial charge in [-0.25, -0.2) is 9.97 Å². The molecule has 2 unspecified atom stereocenters. The maximum Gasteiger partial charge on any atom is 0.294 e. The third-order valence-electron chi connectivity index (χ3n) is 6.99. The standard InChI is InChI=1S/C29H30N6O2/c1-3-6-19(4-2)20-8-5-7-18(15-20)16-31-27-29(37)35-21(17-32-27)9-13-25(35)28(36)34-24-12-11-23-22(24)10-14-26(30)33-23/h3-8,10,14-15,17,24-25H,1-2,9,11-13,16H2,(H2,30,33)(H,31,32)(H,34,36)/b19-6+. The van der Waals surface area contributed by atoms with Crippen molar-refractivity contribution in [3.63, 3.8) is 0 Å². The zero-order valence-electron chi connectivity index (χ0n) is 20.6. The van der Waals surface area contributed by atoms with Crippen molar-refractivity contribution in [3.8, 4) is 0 Å². The Balaban J connectivity index is 1.32. The minimum Gasteiger partial charge on any atom is -0.384 e. The lowest BCUT2D eigenvalue weighted by Gasteiger charge is -2.19. The topological polar surface area (TPSA) is 115 Å². The SMILES string of the molecule is C=C/C=C(\C=C)c1cccc(CNc2ncc3n(c2=O)C(C(=O)NC2CCc4nc(N)ccc42)CC3)c1. The number of carbonyl (C=O) groups excluding carboxylic acids is 1. The molecule has 1 aromatic carbocycles. The largest absolute Gasteiger partial charge is 0.384 e. The molecule has 2 aliphatic rings. The molecule has 0 saturated carbocycles. The van der Waals surface area contributed by atoms with E-state index >= 15 is 0 Å². The summed E-state index contributed by atoms with van der Waals surface area (Å²) in [4.78, 5) is 35.4. The molecule has 2 aromatic heterocycles. The predicted octanol–water partition coefficient (Wildman–Crippen LogP) is 3.88. The first-order chi connectivity index (χ1) is 18.0. The van der Waals surface area contributed by atoms with Gasteiger partial charge < -0.3 is 16.4 Å². The summed E-state index contributed by atoms with van der Waals surface area (Å²) < 4.78 is 1.58. The first kappa shape index (κ1) is 24.2. The highest BCUT2D eigenvalue weighted by Gasteiger charge is 2.33. The predicted molar refractivity (Wildman–Crippen MR) is 146 cm³/mol. The molecule has 8 nitrogen and oxygen atoms in total. The monoisotopic (exact) mass is 494 g/mol. The Kier molecular flexibility index (Phi) is 6.72. The van der Waals surface area contributed by atoms with Gasteiger partial charge in [0.2, 0.25) is 5.91 Å². The highest BCUT2D eigenvalue weighted by Crippen LogP contribution is 2.32. The quantitative estimate of drug-likeness (QED) is 0.410. The molecule has 3 heterocycles. The van der Waals surface area contributed by atoms with Gasteiger partial charge in [0, 0.05) is 24.1 Å². The molecule has 0 saturated heterocycles. The molecule has 3 aromatic rings. The molecule has 0 bridgehead atoms. The molecule has 0 fully saturated rings. The fraction of sp³-hybridized carbons (Fsp3) is 0.241. The zero-order valence-corrected chi connectivity index (χ0v) is 20.6. The van der Waals surface area contributed by atoms with Crippen molar-refractivity contribution in [1.82, 2.24) is 19.9 Å². The number of hydrogen-bond acceptors (Lipinski definition) is 6. The molecule has 188 valence electrons. The number of amides is 1. The molecule has 1 aliphatic heterocycles. The van der Waals surface area contributed by atoms with E-state index in [4.69, 9.17) is 5.73 Å². The second-order valence-electron chi connectivity index (χ2n) is 9.32. The van der Waals surface area contributed by atoms with Gasteiger partial charge in [-0.2, -0.15) is 0 Å². The van der Waals surface area contributed by atoms with Crippen LogP contribution in [0.5, 0.6) is 0 Å². The van der Waals surface area contributed by atoms with Gasteiger partial charge in [0.25, 0.3) is 5.56 Å². The van der Waals surface area contributed by atoms with Gasteiger partial charge in [-0.15, -0.1) is 0 Å². The van der Waals surface area contributed by atoms with Crippen LogP contribution in [0.3, 0.4) is 0 Å². The summed E-state index contributed by atoms with van der Waals surface area (Å²) in [5.74, 6) is 0.548. The third-order valence-corrected chi connectivity index (χ3v) is 6.99. The number of fused-ring (bicyclic) bond motifs is 2. The summed E-state index contributed by atoms with van der Waals surface area (Å²) in [6, 6.07) is 11.0. The van der Waals surface area contributed by atoms with Crippen molar-refractivity contribution in [3.05, 3.63) is 112 Å². The molecule has 5 rings (SSSR count). The van der Waals surface area contributed by atoms with Crippen molar-refractivity contribution < 1.29 is 4.79 Å². The van der Waals surface area contributed by atoms with E-state index in [0.29, 0.717) is 25.2 Å². The number of pyridine rings is 1. The van der Waals surface area contributed by atoms with Crippen molar-refractivity contribution in [2.75, 3.05) is 11.1 Å². The van der Waals surface area contributed by atoms with E-state index in [1.165, 1.54) is 0 Å². The van der Waals surface area contributed by atoms with E-state index in [0.717, 1.165) is 46.5 Å². The Morgan fingerprint density at radius 1 is 1.19 bits per heavy atom. The molecule has 4 N–H and O–H groups in total. The first-order valence-corrected chi connectivity index (χ1v) is 12.4. The van der Waals surface area contributed by atoms with Gasteiger partial charge in [-0.05, 0) is 60.1 Å². The minimum atomic E-state index is -0.570. The van der Waals surface area contributed by atoms with Crippen LogP contribution in [0.2, 0.25) is 0 Å². The summed E-state index contributed by atoms with van der Waals surface area (Å²) in [7, 11) is 0. The van der Waals surface area contributed by atoms with E-state index < -0.39 is 6.04 Å². The number of allylic oxidation sites excluding steroid dienone is 4. The van der Waals surface area contributed by atoms with Gasteiger partial charge >= 0.3 is 0 Å². The van der Waals surface area contributed by atoms with Crippen LogP contribution in [0.15, 0.2) is 78.8 Å². The van der Waals surface area contributed by atoms with E-state index in [2.05, 4.69) is 33.8 Å². The van der Waals surface area contributed by atoms with Gasteiger partial charge in [0.1, 0.15) is 11.9 Å². The summed E-state index contributed by atoms with van der Waals surface area (Å²) in [5, 5.41) is 6.30. The molecule has 37 heavy (non-hydrogen) atoms. The third kappa shape index (κ3) is 4.82. The number of nitrogen functional groups attached to an aromatic ring is 1. The zero-order chi connectivity index (χ0) is 25.9. The van der Waals surface area contributed by atoms with Crippen LogP contribution in [0.25, 0.3) is 5.57 Å². The van der Waals surface area contributed by atoms with Crippen molar-refractivity contribution in [2.45, 2.75) is 44.3 Å². The van der Waals surface area contributed by atoms with Crippen LogP contribution in [0.1, 0.15) is 53.0 Å². The van der Waals surface area contributed by atoms with Crippen molar-refractivity contribution in [2.24, 2.45) is 0 Å². The van der Waals surface area contributed by atoms with Crippen LogP contribution in [0.4, 0.5) is 11.6 Å². The highest BCUT2D eigenvalue weighted by molar-refractivity contribution is 5.81. The molecule has 0 radical (unpaired) electrons. The maximum atomic E-state index is 13.4. The lowest BCUT2D eigenvalue weighted by molar-refractivity contribution is -0.125. The molecule has 1 amide bonds. The minimum absolute atomic E-state index is 0.127. The van der Waals surface area contributed by atoms with Gasteiger partial charge in [-0.3, -0.25) is 14.2 Å². The number of nitrogens with two attached hydrogens (primary N) is 1. The Morgan fingerprint density at radius 3 is 2.86 bits per heavy atom. The molecule has 2 atom stereocenters. The summed E-state index contributed by atoms with van der Waals surface area (Å²) in [6.07, 6.45) is 9.82. The second-order valence-corrected chi connectivity index (χ2v) is 9.32. The van der Waals surface area contributed by atoms with Crippen LogP contribution < -0.4 is 21.9 Å². The molecule has 1 aliphatic carbocycles. The summed E-state index contributed by atoms with van der Waals surface area (Å²) >= 11 is 0. The Labute approximate surface area is 215 Å². The smallest absolute Gasteiger partial charge is 0.294 e. The van der Waals surface area contributed by atoms with Gasteiger partial charge in [0.15, 0.2) is 5.82 Å². The van der Waals surface area contributed by atoms with E-state index in [9.17, 15) is 9.59 Å². The first-order valence-electron chi connectivity index (χ1n) is 12.4. The number of hydrogen-bond donors (Lipinski definition) is 3. The molecular formula is C29H30N6O2. The van der Waals surface area contributed by atoms with Crippen molar-refractivity contribution >= 4 is 23.1 Å². The number of nitrogens with one attached hydrogen (secondary N) is 2. The number of carbonyl (C=O) groups is 1. The van der Waals surface area contributed by atoms with Crippen LogP contribution in [0, 0.1) is 0 Å². The average Bonchev–Trinajstić information content (AvgIpc) is 3.51. The normalized spacial score (nSPS) is 18.1. The van der Waals surface area contributed by atoms with E-state index in [1.54, 1.807) is 29.0 Å². The highest BCUT2D eigenvalue weighted by atomic mass is 16.2. The number of rotatable bonds is 8. The molecule has 0 spiro atoms. The van der Waals surface area contributed by atoms with Crippen molar-refractivity contribution in [1.29, 1.82) is 0 Å². The average molecular weight is 495 g/mol. The lowest BCUT2D eigenvalue weighted by atomic mass is 10.0. The number of nitrogens with zero attached hydrogens (tertiary/aromatic N) is 3. The Morgan fingerprint density at radius 2 is 2.05 bits per heavy atom. The second kappa shape index (κ2) is 10.3. The lowest BCUT2D eigenvalue weighted by Crippen LogP contribution is -2.38. The van der Waals surface area contributed by atoms with Crippen LogP contribution in [-0.2, 0) is 24.2 Å². The Hall–Kier alpha value is -4.46. The van der Waals surface area contributed by atoms with E-state index in [1.807, 2.05) is 36.4 Å². The molecular weight excluding hydrogens is 464 g/mol. The van der Waals surface area contributed by atoms with E-state index in [-0.39, 0.29) is 23.3 Å². The fourth-order valence-electron chi connectivity index (χ4n) is 5.17. The van der Waals surface area contributed by atoms with Crippen LogP contribution in [-0.4, -0.2) is 20.4 Å². The molecule has 8 heteroatoms. The fourth-order valence-corrected chi connectivity index (χ4v) is 5.17.